The van der Waals surface area contributed by atoms with E-state index in [0.29, 0.717) is 29.6 Å². The van der Waals surface area contributed by atoms with Gasteiger partial charge in [0, 0.05) is 35.3 Å². The van der Waals surface area contributed by atoms with E-state index in [-0.39, 0.29) is 10.6 Å². The van der Waals surface area contributed by atoms with Crippen LogP contribution >= 0.6 is 0 Å². The van der Waals surface area contributed by atoms with Crippen molar-refractivity contribution in [3.8, 4) is 0 Å². The van der Waals surface area contributed by atoms with Crippen molar-refractivity contribution in [1.82, 2.24) is 0 Å². The summed E-state index contributed by atoms with van der Waals surface area (Å²) in [7, 11) is -4.24. The van der Waals surface area contributed by atoms with E-state index in [1.165, 1.54) is 12.1 Å². The monoisotopic (exact) mass is 530 g/mol. The lowest BCUT2D eigenvalue weighted by atomic mass is 9.94. The van der Waals surface area contributed by atoms with Crippen LogP contribution in [0.1, 0.15) is 35.3 Å². The molecule has 0 spiro atoms. The van der Waals surface area contributed by atoms with Crippen molar-refractivity contribution in [2.45, 2.75) is 31.8 Å². The number of carbonyl (C=O) groups is 1. The van der Waals surface area contributed by atoms with Crippen LogP contribution in [0.3, 0.4) is 0 Å². The number of aliphatic hydroxyl groups excluding tert-OH is 1. The molecule has 0 fully saturated rings. The Balaban J connectivity index is 1.80. The second kappa shape index (κ2) is 11.6. The van der Waals surface area contributed by atoms with Crippen molar-refractivity contribution in [1.29, 1.82) is 0 Å². The maximum Gasteiger partial charge on any atom is 0.358 e. The van der Waals surface area contributed by atoms with Crippen molar-refractivity contribution in [2.75, 3.05) is 18.0 Å². The molecule has 4 aromatic rings. The molecule has 8 heteroatoms. The normalized spacial score (nSPS) is 12.8. The number of fused-ring (bicyclic) bond motifs is 1. The van der Waals surface area contributed by atoms with Gasteiger partial charge in [0.25, 0.3) is 0 Å². The highest BCUT2D eigenvalue weighted by molar-refractivity contribution is 7.86. The van der Waals surface area contributed by atoms with Crippen LogP contribution in [0.4, 0.5) is 5.69 Å². The number of Topliss-reactive ketones (excluding diaryl/α,β-unsaturated/α-hetero) is 1. The summed E-state index contributed by atoms with van der Waals surface area (Å²) >= 11 is 0. The van der Waals surface area contributed by atoms with Gasteiger partial charge in [-0.15, -0.1) is 0 Å². The molecule has 0 aliphatic heterocycles. The van der Waals surface area contributed by atoms with Gasteiger partial charge in [0.05, 0.1) is 6.10 Å². The number of carbonyl (C=O) groups excluding carboxylic acids is 1. The average Bonchev–Trinajstić information content (AvgIpc) is 2.92. The topological polar surface area (TPSA) is 96.3 Å². The van der Waals surface area contributed by atoms with Gasteiger partial charge in [-0.05, 0) is 50.4 Å². The van der Waals surface area contributed by atoms with Crippen molar-refractivity contribution >= 4 is 38.1 Å². The fraction of sp³-hybridized carbons (Fsp3) is 0.200. The molecule has 1 atom stereocenters. The number of aryl methyl sites for hydroxylation is 1. The van der Waals surface area contributed by atoms with Crippen molar-refractivity contribution < 1.29 is 22.6 Å². The maximum atomic E-state index is 13.9. The van der Waals surface area contributed by atoms with Crippen molar-refractivity contribution in [3.05, 3.63) is 108 Å². The van der Waals surface area contributed by atoms with Gasteiger partial charge < -0.3 is 10.0 Å². The number of rotatable bonds is 10. The van der Waals surface area contributed by atoms with Crippen LogP contribution in [0.5, 0.6) is 0 Å². The Kier molecular flexibility index (Phi) is 8.24. The molecule has 0 saturated carbocycles. The number of oxime groups is 1. The molecule has 0 heterocycles. The highest BCUT2D eigenvalue weighted by atomic mass is 32.2. The minimum Gasteiger partial charge on any atom is -0.392 e. The zero-order valence-corrected chi connectivity index (χ0v) is 22.4. The quantitative estimate of drug-likeness (QED) is 0.169. The van der Waals surface area contributed by atoms with Crippen molar-refractivity contribution in [3.63, 3.8) is 0 Å². The molecule has 0 aliphatic rings. The standard InChI is InChI=1S/C30H30N2O5S/c1-4-32(20-22(3)33)28-19-18-27(25-12-8-9-13-26(25)28)30(34)29(23-10-6-5-7-11-23)31-37-38(35,36)24-16-14-21(2)15-17-24/h5-19,22,33H,4,20H2,1-3H3/b31-29+. The summed E-state index contributed by atoms with van der Waals surface area (Å²) in [5.41, 5.74) is 2.44. The molecule has 7 nitrogen and oxygen atoms in total. The SMILES string of the molecule is CCN(CC(C)O)c1ccc(C(=O)/C(=N/OS(=O)(=O)c2ccc(C)cc2)c2ccccc2)c2ccccc12. The number of aliphatic hydroxyl groups is 1. The first-order chi connectivity index (χ1) is 18.2. The molecule has 1 unspecified atom stereocenters. The third-order valence-corrected chi connectivity index (χ3v) is 7.27. The second-order valence-electron chi connectivity index (χ2n) is 9.04. The molecule has 0 aromatic heterocycles. The number of anilines is 1. The molecule has 0 aliphatic carbocycles. The number of likely N-dealkylation sites (N-methyl/N-ethyl adjacent to an activating group) is 1. The Hall–Kier alpha value is -4.01. The summed E-state index contributed by atoms with van der Waals surface area (Å²) in [6.07, 6.45) is -0.528. The Morgan fingerprint density at radius 2 is 1.55 bits per heavy atom. The highest BCUT2D eigenvalue weighted by Gasteiger charge is 2.24. The third kappa shape index (κ3) is 5.93. The summed E-state index contributed by atoms with van der Waals surface area (Å²) in [6, 6.07) is 25.9. The number of hydrogen-bond donors (Lipinski definition) is 1. The zero-order valence-electron chi connectivity index (χ0n) is 21.5. The smallest absolute Gasteiger partial charge is 0.358 e. The van der Waals surface area contributed by atoms with E-state index in [0.717, 1.165) is 16.6 Å². The first-order valence-corrected chi connectivity index (χ1v) is 13.7. The Bertz CT molecular complexity index is 1560. The Morgan fingerprint density at radius 1 is 0.921 bits per heavy atom. The lowest BCUT2D eigenvalue weighted by molar-refractivity contribution is 0.106. The van der Waals surface area contributed by atoms with E-state index < -0.39 is 22.0 Å². The van der Waals surface area contributed by atoms with Gasteiger partial charge in [0.2, 0.25) is 5.78 Å². The first-order valence-electron chi connectivity index (χ1n) is 12.3. The molecule has 196 valence electrons. The van der Waals surface area contributed by atoms with E-state index in [2.05, 4.69) is 5.16 Å². The van der Waals surface area contributed by atoms with Crippen LogP contribution < -0.4 is 4.90 Å². The highest BCUT2D eigenvalue weighted by Crippen LogP contribution is 2.31. The lowest BCUT2D eigenvalue weighted by Gasteiger charge is -2.26. The van der Waals surface area contributed by atoms with Crippen LogP contribution in [0.15, 0.2) is 101 Å². The molecule has 0 radical (unpaired) electrons. The number of hydrogen-bond acceptors (Lipinski definition) is 7. The lowest BCUT2D eigenvalue weighted by Crippen LogP contribution is -2.31. The van der Waals surface area contributed by atoms with Gasteiger partial charge in [-0.3, -0.25) is 9.08 Å². The van der Waals surface area contributed by atoms with E-state index in [1.807, 2.05) is 49.1 Å². The fourth-order valence-electron chi connectivity index (χ4n) is 4.26. The molecule has 0 bridgehead atoms. The number of benzene rings is 4. The Labute approximate surface area is 223 Å². The molecular weight excluding hydrogens is 500 g/mol. The van der Waals surface area contributed by atoms with Crippen LogP contribution in [0.2, 0.25) is 0 Å². The summed E-state index contributed by atoms with van der Waals surface area (Å²) in [5.74, 6) is -0.475. The Morgan fingerprint density at radius 3 is 2.18 bits per heavy atom. The minimum absolute atomic E-state index is 0.0562. The fourth-order valence-corrected chi connectivity index (χ4v) is 4.98. The van der Waals surface area contributed by atoms with E-state index in [9.17, 15) is 18.3 Å². The van der Waals surface area contributed by atoms with Crippen LogP contribution in [-0.2, 0) is 14.4 Å². The summed E-state index contributed by atoms with van der Waals surface area (Å²) in [4.78, 5) is 15.9. The molecular formula is C30H30N2O5S. The van der Waals surface area contributed by atoms with E-state index in [4.69, 9.17) is 4.28 Å². The van der Waals surface area contributed by atoms with Gasteiger partial charge in [-0.25, -0.2) is 0 Å². The summed E-state index contributed by atoms with van der Waals surface area (Å²) in [6.45, 7) is 6.69. The van der Waals surface area contributed by atoms with Crippen LogP contribution in [0.25, 0.3) is 10.8 Å². The predicted octanol–water partition coefficient (Wildman–Crippen LogP) is 5.35. The predicted molar refractivity (Wildman–Crippen MR) is 150 cm³/mol. The van der Waals surface area contributed by atoms with Gasteiger partial charge in [-0.2, -0.15) is 8.42 Å². The molecule has 0 amide bonds. The number of nitrogens with zero attached hydrogens (tertiary/aromatic N) is 2. The molecule has 0 saturated heterocycles. The van der Waals surface area contributed by atoms with Gasteiger partial charge in [-0.1, -0.05) is 77.4 Å². The molecule has 4 rings (SSSR count). The maximum absolute atomic E-state index is 13.9. The largest absolute Gasteiger partial charge is 0.392 e. The van der Waals surface area contributed by atoms with Crippen molar-refractivity contribution in [2.24, 2.45) is 5.16 Å². The van der Waals surface area contributed by atoms with E-state index in [1.54, 1.807) is 55.5 Å². The second-order valence-corrected chi connectivity index (χ2v) is 10.6. The molecule has 38 heavy (non-hydrogen) atoms. The van der Waals surface area contributed by atoms with Crippen LogP contribution in [-0.4, -0.2) is 44.2 Å². The summed E-state index contributed by atoms with van der Waals surface area (Å²) in [5, 5.41) is 15.4. The molecule has 1 N–H and O–H groups in total. The zero-order chi connectivity index (χ0) is 27.3. The van der Waals surface area contributed by atoms with Gasteiger partial charge >= 0.3 is 10.1 Å². The van der Waals surface area contributed by atoms with Crippen LogP contribution in [0, 0.1) is 6.92 Å². The third-order valence-electron chi connectivity index (χ3n) is 6.15. The van der Waals surface area contributed by atoms with Gasteiger partial charge in [0.1, 0.15) is 4.90 Å². The first kappa shape index (κ1) is 27.0. The summed E-state index contributed by atoms with van der Waals surface area (Å²) < 4.78 is 30.7. The van der Waals surface area contributed by atoms with E-state index >= 15 is 0 Å². The molecule has 4 aromatic carbocycles. The van der Waals surface area contributed by atoms with Gasteiger partial charge in [0.15, 0.2) is 5.71 Å². The minimum atomic E-state index is -4.24. The average molecular weight is 531 g/mol. The number of ketones is 1.